The van der Waals surface area contributed by atoms with Crippen molar-refractivity contribution in [3.05, 3.63) is 0 Å². The first-order valence-corrected chi connectivity index (χ1v) is 5.09. The monoisotopic (exact) mass is 202 g/mol. The molecular formula is C7H14N4OS. The number of thioether (sulfide) groups is 1. The van der Waals surface area contributed by atoms with Crippen molar-refractivity contribution in [3.63, 3.8) is 0 Å². The summed E-state index contributed by atoms with van der Waals surface area (Å²) in [6, 6.07) is 0. The van der Waals surface area contributed by atoms with E-state index in [-0.39, 0.29) is 0 Å². The first-order valence-electron chi connectivity index (χ1n) is 4.11. The minimum absolute atomic E-state index is 0.443. The number of nitrogens with zero attached hydrogens (tertiary/aromatic N) is 3. The van der Waals surface area contributed by atoms with Gasteiger partial charge in [-0.1, -0.05) is 11.8 Å². The number of nitrogens with two attached hydrogens (primary N) is 1. The highest BCUT2D eigenvalue weighted by Gasteiger charge is 2.04. The van der Waals surface area contributed by atoms with Gasteiger partial charge in [0.25, 0.3) is 0 Å². The minimum Gasteiger partial charge on any atom is -0.381 e. The number of hydrogen-bond donors (Lipinski definition) is 1. The van der Waals surface area contributed by atoms with Crippen LogP contribution in [0.2, 0.25) is 0 Å². The maximum absolute atomic E-state index is 5.52. The van der Waals surface area contributed by atoms with E-state index in [2.05, 4.69) is 10.2 Å². The van der Waals surface area contributed by atoms with Crippen LogP contribution < -0.4 is 5.73 Å². The summed E-state index contributed by atoms with van der Waals surface area (Å²) in [5, 5.41) is 8.48. The molecule has 0 amide bonds. The second-order valence-electron chi connectivity index (χ2n) is 2.45. The highest BCUT2D eigenvalue weighted by atomic mass is 32.2. The Labute approximate surface area is 81.7 Å². The second kappa shape index (κ2) is 5.08. The van der Waals surface area contributed by atoms with E-state index < -0.39 is 0 Å². The third kappa shape index (κ3) is 2.89. The van der Waals surface area contributed by atoms with Crippen LogP contribution in [-0.2, 0) is 11.8 Å². The molecule has 2 N–H and O–H groups in total. The summed E-state index contributed by atoms with van der Waals surface area (Å²) in [5.74, 6) is 1.32. The molecule has 1 aromatic heterocycles. The molecule has 0 atom stereocenters. The van der Waals surface area contributed by atoms with Crippen LogP contribution in [0.1, 0.15) is 6.92 Å². The molecule has 1 heterocycles. The zero-order valence-corrected chi connectivity index (χ0v) is 8.67. The van der Waals surface area contributed by atoms with E-state index in [1.54, 1.807) is 16.3 Å². The molecule has 0 aromatic carbocycles. The van der Waals surface area contributed by atoms with Crippen molar-refractivity contribution in [2.45, 2.75) is 12.1 Å². The topological polar surface area (TPSA) is 66.0 Å². The van der Waals surface area contributed by atoms with Gasteiger partial charge in [0.1, 0.15) is 0 Å². The highest BCUT2D eigenvalue weighted by molar-refractivity contribution is 7.99. The molecule has 74 valence electrons. The Hall–Kier alpha value is -0.750. The molecule has 0 fully saturated rings. The molecule has 0 spiro atoms. The maximum atomic E-state index is 5.52. The van der Waals surface area contributed by atoms with E-state index in [9.17, 15) is 0 Å². The molecule has 0 aliphatic heterocycles. The van der Waals surface area contributed by atoms with Crippen molar-refractivity contribution < 1.29 is 4.74 Å². The number of rotatable bonds is 5. The van der Waals surface area contributed by atoms with Gasteiger partial charge in [-0.2, -0.15) is 0 Å². The summed E-state index contributed by atoms with van der Waals surface area (Å²) in [5.41, 5.74) is 5.52. The Kier molecular flexibility index (Phi) is 4.04. The van der Waals surface area contributed by atoms with E-state index in [0.717, 1.165) is 24.1 Å². The fourth-order valence-electron chi connectivity index (χ4n) is 0.788. The molecule has 5 nitrogen and oxygen atoms in total. The lowest BCUT2D eigenvalue weighted by atomic mass is 10.8. The summed E-state index contributed by atoms with van der Waals surface area (Å²) in [4.78, 5) is 0. The third-order valence-electron chi connectivity index (χ3n) is 1.53. The Morgan fingerprint density at radius 2 is 2.31 bits per heavy atom. The van der Waals surface area contributed by atoms with Crippen molar-refractivity contribution in [1.82, 2.24) is 14.8 Å². The summed E-state index contributed by atoms with van der Waals surface area (Å²) in [6.07, 6.45) is 0. The van der Waals surface area contributed by atoms with Crippen molar-refractivity contribution in [1.29, 1.82) is 0 Å². The van der Waals surface area contributed by atoms with Crippen LogP contribution in [0.5, 0.6) is 0 Å². The van der Waals surface area contributed by atoms with Gasteiger partial charge in [-0.3, -0.25) is 4.57 Å². The molecule has 0 radical (unpaired) electrons. The zero-order valence-electron chi connectivity index (χ0n) is 7.86. The third-order valence-corrected chi connectivity index (χ3v) is 2.52. The summed E-state index contributed by atoms with van der Waals surface area (Å²) >= 11 is 1.59. The number of anilines is 1. The van der Waals surface area contributed by atoms with E-state index >= 15 is 0 Å². The van der Waals surface area contributed by atoms with Crippen LogP contribution in [0.3, 0.4) is 0 Å². The summed E-state index contributed by atoms with van der Waals surface area (Å²) in [7, 11) is 1.85. The van der Waals surface area contributed by atoms with Crippen LogP contribution in [-0.4, -0.2) is 33.7 Å². The Morgan fingerprint density at radius 3 is 2.85 bits per heavy atom. The first kappa shape index (κ1) is 10.3. The van der Waals surface area contributed by atoms with Crippen LogP contribution in [0.15, 0.2) is 5.16 Å². The zero-order chi connectivity index (χ0) is 9.68. The predicted octanol–water partition coefficient (Wildman–Crippen LogP) is 0.526. The molecule has 0 aliphatic carbocycles. The van der Waals surface area contributed by atoms with Gasteiger partial charge in [-0.15, -0.1) is 10.2 Å². The van der Waals surface area contributed by atoms with Crippen molar-refractivity contribution in [2.24, 2.45) is 7.05 Å². The van der Waals surface area contributed by atoms with Crippen LogP contribution in [0.25, 0.3) is 0 Å². The molecule has 1 aromatic rings. The summed E-state index contributed by atoms with van der Waals surface area (Å²) in [6.45, 7) is 3.46. The summed E-state index contributed by atoms with van der Waals surface area (Å²) < 4.78 is 6.95. The van der Waals surface area contributed by atoms with Gasteiger partial charge in [0.15, 0.2) is 5.16 Å². The lowest BCUT2D eigenvalue weighted by Crippen LogP contribution is -2.00. The average molecular weight is 202 g/mol. The normalized spacial score (nSPS) is 10.6. The fraction of sp³-hybridized carbons (Fsp3) is 0.714. The molecule has 6 heteroatoms. The van der Waals surface area contributed by atoms with Gasteiger partial charge in [0.2, 0.25) is 5.95 Å². The van der Waals surface area contributed by atoms with E-state index in [0.29, 0.717) is 5.95 Å². The second-order valence-corrected chi connectivity index (χ2v) is 3.51. The van der Waals surface area contributed by atoms with Crippen molar-refractivity contribution in [3.8, 4) is 0 Å². The maximum Gasteiger partial charge on any atom is 0.222 e. The standard InChI is InChI=1S/C7H14N4OS/c1-3-12-4-5-13-7-10-9-6(8)11(7)2/h3-5H2,1-2H3,(H2,8,9). The number of nitrogen functional groups attached to an aromatic ring is 1. The Morgan fingerprint density at radius 1 is 1.54 bits per heavy atom. The van der Waals surface area contributed by atoms with Gasteiger partial charge in [-0.25, -0.2) is 0 Å². The molecule has 13 heavy (non-hydrogen) atoms. The molecule has 0 aliphatic rings. The minimum atomic E-state index is 0.443. The van der Waals surface area contributed by atoms with Gasteiger partial charge in [0.05, 0.1) is 6.61 Å². The fourth-order valence-corrected chi connectivity index (χ4v) is 1.56. The van der Waals surface area contributed by atoms with Gasteiger partial charge in [0, 0.05) is 19.4 Å². The largest absolute Gasteiger partial charge is 0.381 e. The average Bonchev–Trinajstić information content (AvgIpc) is 2.43. The van der Waals surface area contributed by atoms with Gasteiger partial charge < -0.3 is 10.5 Å². The Balaban J connectivity index is 2.32. The van der Waals surface area contributed by atoms with Crippen LogP contribution in [0, 0.1) is 0 Å². The van der Waals surface area contributed by atoms with Crippen molar-refractivity contribution in [2.75, 3.05) is 24.7 Å². The molecule has 0 saturated heterocycles. The van der Waals surface area contributed by atoms with E-state index in [4.69, 9.17) is 10.5 Å². The molecule has 0 unspecified atom stereocenters. The van der Waals surface area contributed by atoms with Crippen LogP contribution in [0.4, 0.5) is 5.95 Å². The van der Waals surface area contributed by atoms with Crippen LogP contribution >= 0.6 is 11.8 Å². The number of hydrogen-bond acceptors (Lipinski definition) is 5. The molecule has 1 rings (SSSR count). The highest BCUT2D eigenvalue weighted by Crippen LogP contribution is 2.15. The molecule has 0 bridgehead atoms. The Bertz CT molecular complexity index is 263. The smallest absolute Gasteiger partial charge is 0.222 e. The number of aromatic nitrogens is 3. The van der Waals surface area contributed by atoms with Crippen molar-refractivity contribution >= 4 is 17.7 Å². The molecule has 0 saturated carbocycles. The molecular weight excluding hydrogens is 188 g/mol. The SMILES string of the molecule is CCOCCSc1nnc(N)n1C. The lowest BCUT2D eigenvalue weighted by Gasteiger charge is -2.01. The van der Waals surface area contributed by atoms with Gasteiger partial charge in [-0.05, 0) is 6.92 Å². The first-order chi connectivity index (χ1) is 6.25. The lowest BCUT2D eigenvalue weighted by molar-refractivity contribution is 0.164. The van der Waals surface area contributed by atoms with E-state index in [1.807, 2.05) is 14.0 Å². The predicted molar refractivity (Wildman–Crippen MR) is 52.6 cm³/mol. The number of ether oxygens (including phenoxy) is 1. The quantitative estimate of drug-likeness (QED) is 0.557. The van der Waals surface area contributed by atoms with E-state index in [1.165, 1.54) is 0 Å². The van der Waals surface area contributed by atoms with Gasteiger partial charge >= 0.3 is 0 Å².